The smallest absolute Gasteiger partial charge is 0.323 e. The van der Waals surface area contributed by atoms with Gasteiger partial charge in [0.1, 0.15) is 11.8 Å². The molecule has 0 spiro atoms. The Kier molecular flexibility index (Phi) is 4.47. The van der Waals surface area contributed by atoms with Gasteiger partial charge in [0.25, 0.3) is 0 Å². The zero-order valence-electron chi connectivity index (χ0n) is 11.6. The quantitative estimate of drug-likeness (QED) is 0.838. The van der Waals surface area contributed by atoms with Gasteiger partial charge in [-0.15, -0.1) is 0 Å². The van der Waals surface area contributed by atoms with Crippen LogP contribution < -0.4 is 10.6 Å². The van der Waals surface area contributed by atoms with Crippen molar-refractivity contribution in [2.45, 2.75) is 32.2 Å². The van der Waals surface area contributed by atoms with Crippen molar-refractivity contribution in [2.24, 2.45) is 11.7 Å². The Bertz CT molecular complexity index is 422. The van der Waals surface area contributed by atoms with Gasteiger partial charge in [-0.3, -0.25) is 4.79 Å². The van der Waals surface area contributed by atoms with Gasteiger partial charge >= 0.3 is 5.97 Å². The molecule has 0 amide bonds. The van der Waals surface area contributed by atoms with Crippen molar-refractivity contribution in [1.82, 2.24) is 0 Å². The lowest BCUT2D eigenvalue weighted by Gasteiger charge is -2.29. The molecule has 1 aliphatic rings. The number of hydrogen-bond donors (Lipinski definition) is 1. The van der Waals surface area contributed by atoms with E-state index in [-0.39, 0.29) is 0 Å². The van der Waals surface area contributed by atoms with E-state index in [9.17, 15) is 4.79 Å². The molecule has 1 aliphatic heterocycles. The van der Waals surface area contributed by atoms with E-state index in [0.717, 1.165) is 30.7 Å². The van der Waals surface area contributed by atoms with Crippen LogP contribution in [0.25, 0.3) is 0 Å². The minimum atomic E-state index is -0.662. The van der Waals surface area contributed by atoms with E-state index in [0.29, 0.717) is 6.42 Å². The summed E-state index contributed by atoms with van der Waals surface area (Å²) >= 11 is 0. The van der Waals surface area contributed by atoms with E-state index < -0.39 is 12.0 Å². The molecule has 5 nitrogen and oxygen atoms in total. The Labute approximate surface area is 113 Å². The molecular weight excluding hydrogens is 244 g/mol. The summed E-state index contributed by atoms with van der Waals surface area (Å²) in [6.45, 7) is 4.33. The van der Waals surface area contributed by atoms with Gasteiger partial charge in [-0.1, -0.05) is 6.92 Å². The third kappa shape index (κ3) is 3.50. The van der Waals surface area contributed by atoms with Crippen LogP contribution in [0.5, 0.6) is 0 Å². The molecule has 0 aromatic carbocycles. The highest BCUT2D eigenvalue weighted by molar-refractivity contribution is 5.75. The van der Waals surface area contributed by atoms with E-state index in [1.54, 1.807) is 0 Å². The number of anilines is 1. The fraction of sp³-hybridized carbons (Fsp3) is 0.643. The predicted molar refractivity (Wildman–Crippen MR) is 73.0 cm³/mol. The van der Waals surface area contributed by atoms with Gasteiger partial charge in [-0.05, 0) is 24.8 Å². The van der Waals surface area contributed by atoms with E-state index in [2.05, 4.69) is 16.6 Å². The molecule has 19 heavy (non-hydrogen) atoms. The van der Waals surface area contributed by atoms with Crippen molar-refractivity contribution in [1.29, 1.82) is 0 Å². The first kappa shape index (κ1) is 13.9. The number of piperidine rings is 1. The summed E-state index contributed by atoms with van der Waals surface area (Å²) in [7, 11) is 1.34. The Balaban J connectivity index is 1.93. The number of nitrogens with two attached hydrogens (primary N) is 1. The SMILES string of the molecule is COC(=O)C(N)Cc1ccc(N2CCC(C)CC2)o1. The lowest BCUT2D eigenvalue weighted by molar-refractivity contribution is -0.142. The van der Waals surface area contributed by atoms with E-state index in [1.807, 2.05) is 12.1 Å². The Morgan fingerprint density at radius 3 is 2.84 bits per heavy atom. The number of carbonyl (C=O) groups excluding carboxylic acids is 1. The summed E-state index contributed by atoms with van der Waals surface area (Å²) in [5, 5.41) is 0. The normalized spacial score (nSPS) is 18.4. The average Bonchev–Trinajstić information content (AvgIpc) is 2.87. The van der Waals surface area contributed by atoms with E-state index >= 15 is 0 Å². The standard InChI is InChI=1S/C14H22N2O3/c1-10-5-7-16(8-6-10)13-4-3-11(19-13)9-12(15)14(17)18-2/h3-4,10,12H,5-9,15H2,1-2H3. The highest BCUT2D eigenvalue weighted by atomic mass is 16.5. The monoisotopic (exact) mass is 266 g/mol. The topological polar surface area (TPSA) is 68.7 Å². The fourth-order valence-corrected chi connectivity index (χ4v) is 2.33. The molecule has 1 unspecified atom stereocenters. The number of rotatable bonds is 4. The minimum Gasteiger partial charge on any atom is -0.468 e. The van der Waals surface area contributed by atoms with Crippen LogP contribution in [0.3, 0.4) is 0 Å². The molecule has 0 radical (unpaired) electrons. The molecule has 1 fully saturated rings. The van der Waals surface area contributed by atoms with E-state index in [4.69, 9.17) is 10.2 Å². The van der Waals surface area contributed by atoms with Gasteiger partial charge in [-0.2, -0.15) is 0 Å². The first-order valence-electron chi connectivity index (χ1n) is 6.77. The molecule has 0 bridgehead atoms. The lowest BCUT2D eigenvalue weighted by atomic mass is 9.99. The summed E-state index contributed by atoms with van der Waals surface area (Å²) in [4.78, 5) is 13.5. The third-order valence-electron chi connectivity index (χ3n) is 3.67. The van der Waals surface area contributed by atoms with Gasteiger partial charge < -0.3 is 19.8 Å². The van der Waals surface area contributed by atoms with Crippen molar-refractivity contribution >= 4 is 11.9 Å². The Morgan fingerprint density at radius 2 is 2.21 bits per heavy atom. The molecule has 0 aliphatic carbocycles. The molecule has 106 valence electrons. The van der Waals surface area contributed by atoms with Crippen molar-refractivity contribution in [3.05, 3.63) is 17.9 Å². The van der Waals surface area contributed by atoms with Gasteiger partial charge in [0.15, 0.2) is 5.88 Å². The van der Waals surface area contributed by atoms with Crippen molar-refractivity contribution in [3.63, 3.8) is 0 Å². The minimum absolute atomic E-state index is 0.372. The van der Waals surface area contributed by atoms with E-state index in [1.165, 1.54) is 20.0 Å². The predicted octanol–water partition coefficient (Wildman–Crippen LogP) is 1.56. The molecule has 1 atom stereocenters. The molecule has 2 rings (SSSR count). The van der Waals surface area contributed by atoms with Gasteiger partial charge in [0, 0.05) is 25.6 Å². The molecule has 5 heteroatoms. The van der Waals surface area contributed by atoms with Crippen LogP contribution in [-0.4, -0.2) is 32.2 Å². The highest BCUT2D eigenvalue weighted by Crippen LogP contribution is 2.25. The number of furan rings is 1. The first-order chi connectivity index (χ1) is 9.10. The number of esters is 1. The number of ether oxygens (including phenoxy) is 1. The summed E-state index contributed by atoms with van der Waals surface area (Å²) in [6.07, 6.45) is 2.76. The van der Waals surface area contributed by atoms with Gasteiger partial charge in [0.05, 0.1) is 7.11 Å². The zero-order chi connectivity index (χ0) is 13.8. The fourth-order valence-electron chi connectivity index (χ4n) is 2.33. The second-order valence-corrected chi connectivity index (χ2v) is 5.24. The molecular formula is C14H22N2O3. The number of methoxy groups -OCH3 is 1. The van der Waals surface area contributed by atoms with Gasteiger partial charge in [0.2, 0.25) is 0 Å². The number of hydrogen-bond acceptors (Lipinski definition) is 5. The van der Waals surface area contributed by atoms with Crippen LogP contribution in [0.1, 0.15) is 25.5 Å². The largest absolute Gasteiger partial charge is 0.468 e. The zero-order valence-corrected chi connectivity index (χ0v) is 11.6. The maximum atomic E-state index is 11.3. The lowest BCUT2D eigenvalue weighted by Crippen LogP contribution is -2.33. The molecule has 2 N–H and O–H groups in total. The van der Waals surface area contributed by atoms with Crippen molar-refractivity contribution < 1.29 is 13.9 Å². The van der Waals surface area contributed by atoms with Crippen molar-refractivity contribution in [3.8, 4) is 0 Å². The maximum absolute atomic E-state index is 11.3. The molecule has 1 saturated heterocycles. The maximum Gasteiger partial charge on any atom is 0.323 e. The number of nitrogens with zero attached hydrogens (tertiary/aromatic N) is 1. The number of carbonyl (C=O) groups is 1. The summed E-state index contributed by atoms with van der Waals surface area (Å²) in [5.41, 5.74) is 5.72. The van der Waals surface area contributed by atoms with Gasteiger partial charge in [-0.25, -0.2) is 0 Å². The average molecular weight is 266 g/mol. The third-order valence-corrected chi connectivity index (χ3v) is 3.67. The molecule has 0 saturated carbocycles. The Hall–Kier alpha value is -1.49. The summed E-state index contributed by atoms with van der Waals surface area (Å²) in [5.74, 6) is 1.98. The van der Waals surface area contributed by atoms with Crippen LogP contribution in [0.15, 0.2) is 16.5 Å². The second-order valence-electron chi connectivity index (χ2n) is 5.24. The van der Waals surface area contributed by atoms with Crippen LogP contribution >= 0.6 is 0 Å². The highest BCUT2D eigenvalue weighted by Gasteiger charge is 2.20. The summed E-state index contributed by atoms with van der Waals surface area (Å²) < 4.78 is 10.4. The van der Waals surface area contributed by atoms with Crippen LogP contribution in [0, 0.1) is 5.92 Å². The second kappa shape index (κ2) is 6.10. The first-order valence-corrected chi connectivity index (χ1v) is 6.77. The summed E-state index contributed by atoms with van der Waals surface area (Å²) in [6, 6.07) is 3.18. The van der Waals surface area contributed by atoms with Crippen LogP contribution in [0.2, 0.25) is 0 Å². The van der Waals surface area contributed by atoms with Crippen molar-refractivity contribution in [2.75, 3.05) is 25.1 Å². The molecule has 1 aromatic rings. The molecule has 1 aromatic heterocycles. The molecule has 2 heterocycles. The van der Waals surface area contributed by atoms with Crippen LogP contribution in [0.4, 0.5) is 5.88 Å². The van der Waals surface area contributed by atoms with Crippen LogP contribution in [-0.2, 0) is 16.0 Å². The Morgan fingerprint density at radius 1 is 1.53 bits per heavy atom.